The highest BCUT2D eigenvalue weighted by molar-refractivity contribution is 5.85. The van der Waals surface area contributed by atoms with Gasteiger partial charge in [0.15, 0.2) is 0 Å². The lowest BCUT2D eigenvalue weighted by molar-refractivity contribution is -0.139. The molecule has 8 heteroatoms. The molecule has 0 aromatic rings. The maximum Gasteiger partial charge on any atom is 0.330 e. The van der Waals surface area contributed by atoms with Crippen molar-refractivity contribution in [1.82, 2.24) is 0 Å². The molecule has 0 heterocycles. The molecule has 0 aromatic carbocycles. The van der Waals surface area contributed by atoms with E-state index in [1.54, 1.807) is 13.8 Å². The van der Waals surface area contributed by atoms with Crippen molar-refractivity contribution in [3.05, 3.63) is 24.3 Å². The minimum atomic E-state index is -0.900. The van der Waals surface area contributed by atoms with Crippen molar-refractivity contribution in [2.75, 3.05) is 0 Å². The van der Waals surface area contributed by atoms with Gasteiger partial charge in [-0.25, -0.2) is 9.59 Å². The van der Waals surface area contributed by atoms with Gasteiger partial charge < -0.3 is 20.4 Å². The van der Waals surface area contributed by atoms with Crippen LogP contribution in [0.25, 0.3) is 0 Å². The van der Waals surface area contributed by atoms with Crippen LogP contribution in [0.4, 0.5) is 0 Å². The van der Waals surface area contributed by atoms with Crippen LogP contribution in [0.3, 0.4) is 0 Å². The molecule has 0 aromatic heterocycles. The zero-order chi connectivity index (χ0) is 19.7. The molecule has 0 saturated heterocycles. The van der Waals surface area contributed by atoms with Crippen LogP contribution in [-0.2, 0) is 19.2 Å². The molecule has 0 unspecified atom stereocenters. The Hall–Kier alpha value is -2.64. The van der Waals surface area contributed by atoms with Crippen LogP contribution in [-0.4, -0.2) is 44.3 Å². The van der Waals surface area contributed by atoms with Crippen molar-refractivity contribution in [2.24, 2.45) is 0 Å². The highest BCUT2D eigenvalue weighted by Crippen LogP contribution is 1.98. The standard InChI is InChI=1S/C6H10O4.2C5H8O2/c7-5(8)3-1-2-4-6(9)10;2*1-3-4(2)5(6)7/h1-4H2,(H,7,8)(H,9,10);2*2-3H2,1H3,(H,6,7). The Bertz CT molecular complexity index is 409. The maximum atomic E-state index is 9.90. The van der Waals surface area contributed by atoms with Crippen molar-refractivity contribution >= 4 is 23.9 Å². The van der Waals surface area contributed by atoms with E-state index in [0.29, 0.717) is 25.7 Å². The first-order chi connectivity index (χ1) is 11.0. The summed E-state index contributed by atoms with van der Waals surface area (Å²) in [6.07, 6.45) is 2.06. The van der Waals surface area contributed by atoms with Crippen molar-refractivity contribution < 1.29 is 39.6 Å². The monoisotopic (exact) mass is 346 g/mol. The highest BCUT2D eigenvalue weighted by Gasteiger charge is 1.99. The first-order valence-corrected chi connectivity index (χ1v) is 7.25. The van der Waals surface area contributed by atoms with Crippen molar-refractivity contribution in [3.8, 4) is 0 Å². The van der Waals surface area contributed by atoms with Gasteiger partial charge in [-0.05, 0) is 25.7 Å². The fraction of sp³-hybridized carbons (Fsp3) is 0.500. The van der Waals surface area contributed by atoms with E-state index in [2.05, 4.69) is 13.2 Å². The second-order valence-corrected chi connectivity index (χ2v) is 4.52. The Balaban J connectivity index is -0.000000283. The van der Waals surface area contributed by atoms with E-state index < -0.39 is 23.9 Å². The van der Waals surface area contributed by atoms with E-state index in [-0.39, 0.29) is 24.0 Å². The van der Waals surface area contributed by atoms with E-state index in [1.807, 2.05) is 0 Å². The SMILES string of the molecule is C=C(CC)C(=O)O.C=C(CC)C(=O)O.O=C(O)CCCCC(=O)O. The van der Waals surface area contributed by atoms with Gasteiger partial charge in [-0.15, -0.1) is 0 Å². The lowest BCUT2D eigenvalue weighted by Gasteiger charge is -1.92. The van der Waals surface area contributed by atoms with E-state index in [0.717, 1.165) is 0 Å². The summed E-state index contributed by atoms with van der Waals surface area (Å²) in [5.41, 5.74) is 0.528. The molecule has 0 rings (SSSR count). The number of rotatable bonds is 9. The fourth-order valence-electron chi connectivity index (χ4n) is 0.855. The Morgan fingerprint density at radius 3 is 1.00 bits per heavy atom. The maximum absolute atomic E-state index is 9.90. The molecule has 138 valence electrons. The molecular weight excluding hydrogens is 320 g/mol. The van der Waals surface area contributed by atoms with Gasteiger partial charge in [-0.1, -0.05) is 27.0 Å². The van der Waals surface area contributed by atoms with Crippen LogP contribution < -0.4 is 0 Å². The smallest absolute Gasteiger partial charge is 0.330 e. The van der Waals surface area contributed by atoms with Crippen LogP contribution in [0.1, 0.15) is 52.4 Å². The predicted molar refractivity (Wildman–Crippen MR) is 87.9 cm³/mol. The Labute approximate surface area is 141 Å². The normalized spacial score (nSPS) is 8.58. The quantitative estimate of drug-likeness (QED) is 0.368. The fourth-order valence-corrected chi connectivity index (χ4v) is 0.855. The largest absolute Gasteiger partial charge is 0.481 e. The zero-order valence-corrected chi connectivity index (χ0v) is 14.1. The van der Waals surface area contributed by atoms with Crippen LogP contribution in [0.5, 0.6) is 0 Å². The summed E-state index contributed by atoms with van der Waals surface area (Å²) in [6.45, 7) is 10.1. The third kappa shape index (κ3) is 24.4. The van der Waals surface area contributed by atoms with Crippen LogP contribution in [0.15, 0.2) is 24.3 Å². The molecule has 0 spiro atoms. The van der Waals surface area contributed by atoms with Crippen LogP contribution >= 0.6 is 0 Å². The van der Waals surface area contributed by atoms with Crippen LogP contribution in [0, 0.1) is 0 Å². The number of carboxylic acid groups (broad SMARTS) is 4. The van der Waals surface area contributed by atoms with Gasteiger partial charge in [0, 0.05) is 24.0 Å². The summed E-state index contributed by atoms with van der Waals surface area (Å²) in [7, 11) is 0. The zero-order valence-electron chi connectivity index (χ0n) is 14.1. The topological polar surface area (TPSA) is 149 Å². The first-order valence-electron chi connectivity index (χ1n) is 7.25. The predicted octanol–water partition coefficient (Wildman–Crippen LogP) is 2.79. The summed E-state index contributed by atoms with van der Waals surface area (Å²) >= 11 is 0. The lowest BCUT2D eigenvalue weighted by atomic mass is 10.2. The second-order valence-electron chi connectivity index (χ2n) is 4.52. The molecule has 0 aliphatic heterocycles. The lowest BCUT2D eigenvalue weighted by Crippen LogP contribution is -1.97. The number of unbranched alkanes of at least 4 members (excludes halogenated alkanes) is 1. The van der Waals surface area contributed by atoms with Gasteiger partial charge in [-0.2, -0.15) is 0 Å². The summed E-state index contributed by atoms with van der Waals surface area (Å²) < 4.78 is 0. The summed E-state index contributed by atoms with van der Waals surface area (Å²) in [5, 5.41) is 32.4. The molecule has 0 atom stereocenters. The molecule has 4 N–H and O–H groups in total. The van der Waals surface area contributed by atoms with E-state index in [1.165, 1.54) is 0 Å². The van der Waals surface area contributed by atoms with E-state index >= 15 is 0 Å². The average Bonchev–Trinajstić information content (AvgIpc) is 2.50. The van der Waals surface area contributed by atoms with Gasteiger partial charge in [0.2, 0.25) is 0 Å². The molecular formula is C16H26O8. The van der Waals surface area contributed by atoms with Gasteiger partial charge in [0.1, 0.15) is 0 Å². The van der Waals surface area contributed by atoms with E-state index in [4.69, 9.17) is 20.4 Å². The van der Waals surface area contributed by atoms with Gasteiger partial charge in [-0.3, -0.25) is 9.59 Å². The molecule has 0 fully saturated rings. The Morgan fingerprint density at radius 1 is 0.667 bits per heavy atom. The molecule has 0 radical (unpaired) electrons. The Kier molecular flexibility index (Phi) is 18.3. The van der Waals surface area contributed by atoms with E-state index in [9.17, 15) is 19.2 Å². The van der Waals surface area contributed by atoms with Gasteiger partial charge in [0.25, 0.3) is 0 Å². The third-order valence-electron chi connectivity index (χ3n) is 2.49. The third-order valence-corrected chi connectivity index (χ3v) is 2.49. The molecule has 8 nitrogen and oxygen atoms in total. The molecule has 0 amide bonds. The van der Waals surface area contributed by atoms with Crippen molar-refractivity contribution in [3.63, 3.8) is 0 Å². The van der Waals surface area contributed by atoms with Crippen LogP contribution in [0.2, 0.25) is 0 Å². The highest BCUT2D eigenvalue weighted by atomic mass is 16.4. The van der Waals surface area contributed by atoms with Crippen molar-refractivity contribution in [2.45, 2.75) is 52.4 Å². The number of aliphatic carboxylic acids is 4. The van der Waals surface area contributed by atoms with Gasteiger partial charge >= 0.3 is 23.9 Å². The van der Waals surface area contributed by atoms with Gasteiger partial charge in [0.05, 0.1) is 0 Å². The molecule has 0 bridgehead atoms. The number of hydrogen-bond donors (Lipinski definition) is 4. The molecule has 0 aliphatic rings. The van der Waals surface area contributed by atoms with Crippen molar-refractivity contribution in [1.29, 1.82) is 0 Å². The first kappa shape index (κ1) is 26.3. The minimum Gasteiger partial charge on any atom is -0.481 e. The minimum absolute atomic E-state index is 0.0628. The summed E-state index contributed by atoms with van der Waals surface area (Å²) in [5.74, 6) is -3.54. The molecule has 24 heavy (non-hydrogen) atoms. The number of carbonyl (C=O) groups is 4. The molecule has 0 aliphatic carbocycles. The summed E-state index contributed by atoms with van der Waals surface area (Å²) in [6, 6.07) is 0. The summed E-state index contributed by atoms with van der Waals surface area (Å²) in [4.78, 5) is 39.5. The molecule has 0 saturated carbocycles. The second kappa shape index (κ2) is 16.7. The number of hydrogen-bond acceptors (Lipinski definition) is 4. The average molecular weight is 346 g/mol. The number of carboxylic acids is 4. The Morgan fingerprint density at radius 2 is 0.917 bits per heavy atom.